The molecule has 2 saturated heterocycles. The van der Waals surface area contributed by atoms with Crippen LogP contribution in [0.2, 0.25) is 0 Å². The highest BCUT2D eigenvalue weighted by atomic mass is 16.6. The molecule has 0 unspecified atom stereocenters. The Balaban J connectivity index is 1.26. The van der Waals surface area contributed by atoms with Crippen molar-refractivity contribution in [3.05, 3.63) is 42.4 Å². The van der Waals surface area contributed by atoms with Gasteiger partial charge in [-0.2, -0.15) is 0 Å². The third-order valence-corrected chi connectivity index (χ3v) is 5.96. The minimum atomic E-state index is -0.716. The lowest BCUT2D eigenvalue weighted by Gasteiger charge is -2.22. The van der Waals surface area contributed by atoms with E-state index in [-0.39, 0.29) is 6.04 Å². The summed E-state index contributed by atoms with van der Waals surface area (Å²) in [7, 11) is 0. The number of β-amino-alcohol motifs (C(OH)–C–C–N with tert-alkyl or cyclic N) is 1. The summed E-state index contributed by atoms with van der Waals surface area (Å²) in [6.07, 6.45) is 5.16. The van der Waals surface area contributed by atoms with Gasteiger partial charge in [-0.15, -0.1) is 0 Å². The van der Waals surface area contributed by atoms with E-state index in [1.165, 1.54) is 12.8 Å². The minimum Gasteiger partial charge on any atom is -0.444 e. The number of aliphatic hydroxyl groups is 1. The van der Waals surface area contributed by atoms with Crippen molar-refractivity contribution in [2.24, 2.45) is 0 Å². The van der Waals surface area contributed by atoms with Crippen LogP contribution in [0.4, 0.5) is 4.79 Å². The van der Waals surface area contributed by atoms with Crippen molar-refractivity contribution < 1.29 is 19.1 Å². The van der Waals surface area contributed by atoms with Gasteiger partial charge in [0.05, 0.1) is 12.2 Å². The highest BCUT2D eigenvalue weighted by Gasteiger charge is 2.37. The molecule has 8 nitrogen and oxygen atoms in total. The van der Waals surface area contributed by atoms with Gasteiger partial charge in [-0.1, -0.05) is 24.3 Å². The molecule has 0 spiro atoms. The SMILES string of the molecule is C[C@H]1CC[C@@H](CCNC(=O)O[C@@H]2[C@@H](O)CN[C@@H]2Cc2ccc(-c3cnco3)cc2)N1. The quantitative estimate of drug-likeness (QED) is 0.547. The Labute approximate surface area is 176 Å². The van der Waals surface area contributed by atoms with Gasteiger partial charge in [0.15, 0.2) is 12.2 Å². The Kier molecular flexibility index (Phi) is 6.66. The first-order valence-electron chi connectivity index (χ1n) is 10.7. The van der Waals surface area contributed by atoms with Gasteiger partial charge >= 0.3 is 6.09 Å². The second-order valence-corrected chi connectivity index (χ2v) is 8.28. The highest BCUT2D eigenvalue weighted by molar-refractivity contribution is 5.67. The average molecular weight is 415 g/mol. The fourth-order valence-corrected chi connectivity index (χ4v) is 4.30. The first-order valence-corrected chi connectivity index (χ1v) is 10.7. The third kappa shape index (κ3) is 5.19. The molecule has 1 aromatic carbocycles. The highest BCUT2D eigenvalue weighted by Crippen LogP contribution is 2.22. The standard InChI is InChI=1S/C22H30N4O4/c1-14-2-7-17(26-14)8-9-24-22(28)30-21-18(25-11-19(21)27)10-15-3-5-16(6-4-15)20-12-23-13-29-20/h3-6,12-14,17-19,21,25-27H,2,7-11H2,1H3,(H,24,28)/t14-,17-,18+,19-,21-/m0/s1. The minimum absolute atomic E-state index is 0.140. The predicted octanol–water partition coefficient (Wildman–Crippen LogP) is 1.84. The molecule has 2 aliphatic rings. The molecule has 0 saturated carbocycles. The molecule has 2 aliphatic heterocycles. The van der Waals surface area contributed by atoms with Crippen LogP contribution >= 0.6 is 0 Å². The van der Waals surface area contributed by atoms with Crippen LogP contribution in [0.25, 0.3) is 11.3 Å². The van der Waals surface area contributed by atoms with Crippen LogP contribution in [0, 0.1) is 0 Å². The molecule has 162 valence electrons. The molecule has 30 heavy (non-hydrogen) atoms. The number of carbonyl (C=O) groups is 1. The summed E-state index contributed by atoms with van der Waals surface area (Å²) in [6.45, 7) is 3.15. The van der Waals surface area contributed by atoms with E-state index in [0.717, 1.165) is 29.7 Å². The number of hydrogen-bond donors (Lipinski definition) is 4. The number of aromatic nitrogens is 1. The van der Waals surface area contributed by atoms with Crippen molar-refractivity contribution in [2.45, 2.75) is 62.9 Å². The summed E-state index contributed by atoms with van der Waals surface area (Å²) in [5.74, 6) is 0.719. The van der Waals surface area contributed by atoms with E-state index < -0.39 is 18.3 Å². The van der Waals surface area contributed by atoms with Gasteiger partial charge in [-0.3, -0.25) is 0 Å². The fraction of sp³-hybridized carbons (Fsp3) is 0.545. The summed E-state index contributed by atoms with van der Waals surface area (Å²) < 4.78 is 10.9. The van der Waals surface area contributed by atoms with Gasteiger partial charge in [-0.05, 0) is 38.2 Å². The van der Waals surface area contributed by atoms with E-state index in [1.807, 2.05) is 24.3 Å². The lowest BCUT2D eigenvalue weighted by molar-refractivity contribution is 0.0189. The number of oxazole rings is 1. The summed E-state index contributed by atoms with van der Waals surface area (Å²) in [5, 5.41) is 19.9. The smallest absolute Gasteiger partial charge is 0.407 e. The molecule has 2 aromatic rings. The number of carbonyl (C=O) groups excluding carboxylic acids is 1. The number of alkyl carbamates (subject to hydrolysis) is 1. The van der Waals surface area contributed by atoms with Gasteiger partial charge in [0.2, 0.25) is 0 Å². The van der Waals surface area contributed by atoms with Gasteiger partial charge in [0, 0.05) is 30.7 Å². The molecular formula is C22H30N4O4. The zero-order valence-electron chi connectivity index (χ0n) is 17.2. The second kappa shape index (κ2) is 9.59. The molecule has 5 atom stereocenters. The third-order valence-electron chi connectivity index (χ3n) is 5.96. The summed E-state index contributed by atoms with van der Waals surface area (Å²) in [5.41, 5.74) is 2.04. The van der Waals surface area contributed by atoms with Crippen molar-refractivity contribution >= 4 is 6.09 Å². The van der Waals surface area contributed by atoms with Crippen molar-refractivity contribution in [3.63, 3.8) is 0 Å². The molecule has 4 N–H and O–H groups in total. The van der Waals surface area contributed by atoms with Crippen molar-refractivity contribution in [1.29, 1.82) is 0 Å². The van der Waals surface area contributed by atoms with Crippen LogP contribution in [-0.4, -0.2) is 59.6 Å². The summed E-state index contributed by atoms with van der Waals surface area (Å²) in [6, 6.07) is 8.83. The number of aliphatic hydroxyl groups excluding tert-OH is 1. The Hall–Kier alpha value is -2.42. The number of nitrogens with one attached hydrogen (secondary N) is 3. The van der Waals surface area contributed by atoms with Gasteiger partial charge in [-0.25, -0.2) is 9.78 Å². The van der Waals surface area contributed by atoms with E-state index in [2.05, 4.69) is 27.9 Å². The normalized spacial score (nSPS) is 28.5. The molecule has 4 rings (SSSR count). The van der Waals surface area contributed by atoms with Crippen molar-refractivity contribution in [2.75, 3.05) is 13.1 Å². The Morgan fingerprint density at radius 1 is 1.33 bits per heavy atom. The number of rotatable bonds is 7. The maximum Gasteiger partial charge on any atom is 0.407 e. The molecule has 1 aromatic heterocycles. The van der Waals surface area contributed by atoms with Crippen LogP contribution in [0.15, 0.2) is 41.3 Å². The predicted molar refractivity (Wildman–Crippen MR) is 112 cm³/mol. The van der Waals surface area contributed by atoms with Crippen LogP contribution < -0.4 is 16.0 Å². The van der Waals surface area contributed by atoms with E-state index in [4.69, 9.17) is 9.15 Å². The molecule has 0 bridgehead atoms. The number of benzene rings is 1. The van der Waals surface area contributed by atoms with Crippen molar-refractivity contribution in [1.82, 2.24) is 20.9 Å². The van der Waals surface area contributed by atoms with E-state index >= 15 is 0 Å². The monoisotopic (exact) mass is 414 g/mol. The molecule has 0 radical (unpaired) electrons. The van der Waals surface area contributed by atoms with Crippen LogP contribution in [0.3, 0.4) is 0 Å². The number of nitrogens with zero attached hydrogens (tertiary/aromatic N) is 1. The first kappa shape index (κ1) is 20.8. The van der Waals surface area contributed by atoms with Crippen LogP contribution in [-0.2, 0) is 11.2 Å². The number of hydrogen-bond acceptors (Lipinski definition) is 7. The second-order valence-electron chi connectivity index (χ2n) is 8.28. The van der Waals surface area contributed by atoms with E-state index in [1.54, 1.807) is 6.20 Å². The molecule has 1 amide bonds. The topological polar surface area (TPSA) is 109 Å². The van der Waals surface area contributed by atoms with E-state index in [9.17, 15) is 9.90 Å². The fourth-order valence-electron chi connectivity index (χ4n) is 4.30. The maximum absolute atomic E-state index is 12.2. The van der Waals surface area contributed by atoms with Gasteiger partial charge in [0.25, 0.3) is 0 Å². The Morgan fingerprint density at radius 3 is 2.87 bits per heavy atom. The Bertz CT molecular complexity index is 811. The lowest BCUT2D eigenvalue weighted by Crippen LogP contribution is -2.42. The largest absolute Gasteiger partial charge is 0.444 e. The lowest BCUT2D eigenvalue weighted by atomic mass is 10.00. The zero-order chi connectivity index (χ0) is 20.9. The molecular weight excluding hydrogens is 384 g/mol. The maximum atomic E-state index is 12.2. The van der Waals surface area contributed by atoms with Gasteiger partial charge in [0.1, 0.15) is 12.2 Å². The van der Waals surface area contributed by atoms with E-state index in [0.29, 0.717) is 31.6 Å². The van der Waals surface area contributed by atoms with Crippen molar-refractivity contribution in [3.8, 4) is 11.3 Å². The Morgan fingerprint density at radius 2 is 2.17 bits per heavy atom. The molecule has 3 heterocycles. The molecule has 2 fully saturated rings. The zero-order valence-corrected chi connectivity index (χ0v) is 17.2. The summed E-state index contributed by atoms with van der Waals surface area (Å²) >= 11 is 0. The first-order chi connectivity index (χ1) is 14.6. The van der Waals surface area contributed by atoms with Gasteiger partial charge < -0.3 is 30.2 Å². The molecule has 8 heteroatoms. The average Bonchev–Trinajstić information content (AvgIpc) is 3.48. The van der Waals surface area contributed by atoms with Crippen LogP contribution in [0.1, 0.15) is 31.7 Å². The number of ether oxygens (including phenoxy) is 1. The molecule has 0 aliphatic carbocycles. The van der Waals surface area contributed by atoms with Crippen LogP contribution in [0.5, 0.6) is 0 Å². The number of amides is 1. The summed E-state index contributed by atoms with van der Waals surface area (Å²) in [4.78, 5) is 16.2.